The Morgan fingerprint density at radius 1 is 1.04 bits per heavy atom. The Balaban J connectivity index is 1.65. The number of fused-ring (bicyclic) bond motifs is 1. The third-order valence-electron chi connectivity index (χ3n) is 5.81. The van der Waals surface area contributed by atoms with E-state index in [4.69, 9.17) is 0 Å². The molecule has 24 heavy (non-hydrogen) atoms. The Hall–Kier alpha value is -0.430. The van der Waals surface area contributed by atoms with Crippen LogP contribution in [-0.4, -0.2) is 56.8 Å². The highest BCUT2D eigenvalue weighted by molar-refractivity contribution is 9.12. The minimum atomic E-state index is -0.275. The van der Waals surface area contributed by atoms with Crippen LogP contribution in [0.1, 0.15) is 44.9 Å². The van der Waals surface area contributed by atoms with Crippen LogP contribution in [-0.2, 0) is 14.4 Å². The van der Waals surface area contributed by atoms with Crippen molar-refractivity contribution in [1.82, 2.24) is 9.80 Å². The monoisotopic (exact) mass is 462 g/mol. The molecule has 2 aliphatic carbocycles. The van der Waals surface area contributed by atoms with Crippen molar-refractivity contribution in [1.29, 1.82) is 0 Å². The van der Waals surface area contributed by atoms with Gasteiger partial charge in [0, 0.05) is 22.7 Å². The van der Waals surface area contributed by atoms with Gasteiger partial charge < -0.3 is 4.90 Å². The topological polar surface area (TPSA) is 57.7 Å². The molecule has 0 aromatic carbocycles. The molecule has 1 heterocycles. The minimum absolute atomic E-state index is 0.0996. The van der Waals surface area contributed by atoms with E-state index in [2.05, 4.69) is 31.9 Å². The van der Waals surface area contributed by atoms with E-state index in [-0.39, 0.29) is 51.8 Å². The van der Waals surface area contributed by atoms with E-state index in [9.17, 15) is 14.4 Å². The average molecular weight is 464 g/mol. The Labute approximate surface area is 159 Å². The number of hydrogen-bond acceptors (Lipinski definition) is 3. The zero-order valence-corrected chi connectivity index (χ0v) is 17.1. The first-order valence-electron chi connectivity index (χ1n) is 8.79. The molecule has 3 amide bonds. The number of alkyl halides is 2. The summed E-state index contributed by atoms with van der Waals surface area (Å²) in [6, 6.07) is 0.250. The average Bonchev–Trinajstić information content (AvgIpc) is 2.80. The van der Waals surface area contributed by atoms with Gasteiger partial charge in [0.15, 0.2) is 0 Å². The summed E-state index contributed by atoms with van der Waals surface area (Å²) >= 11 is 7.16. The molecular weight excluding hydrogens is 440 g/mol. The molecule has 3 aliphatic rings. The molecule has 4 atom stereocenters. The molecular formula is C17H24Br2N2O3. The van der Waals surface area contributed by atoms with Crippen LogP contribution < -0.4 is 0 Å². The fourth-order valence-electron chi connectivity index (χ4n) is 4.24. The number of imide groups is 1. The zero-order valence-electron chi connectivity index (χ0n) is 13.9. The summed E-state index contributed by atoms with van der Waals surface area (Å²) in [5.74, 6) is -1.00. The van der Waals surface area contributed by atoms with Crippen molar-refractivity contribution < 1.29 is 14.4 Å². The molecule has 3 rings (SSSR count). The van der Waals surface area contributed by atoms with Gasteiger partial charge in [0.2, 0.25) is 17.7 Å². The lowest BCUT2D eigenvalue weighted by Crippen LogP contribution is -2.46. The van der Waals surface area contributed by atoms with Crippen LogP contribution in [0.2, 0.25) is 0 Å². The van der Waals surface area contributed by atoms with Gasteiger partial charge >= 0.3 is 0 Å². The first-order chi connectivity index (χ1) is 11.4. The van der Waals surface area contributed by atoms with Crippen molar-refractivity contribution in [3.05, 3.63) is 0 Å². The van der Waals surface area contributed by atoms with Crippen molar-refractivity contribution >= 4 is 49.6 Å². The maximum Gasteiger partial charge on any atom is 0.242 e. The van der Waals surface area contributed by atoms with Gasteiger partial charge in [-0.05, 0) is 25.7 Å². The summed E-state index contributed by atoms with van der Waals surface area (Å²) in [6.45, 7) is -0.0996. The van der Waals surface area contributed by atoms with Gasteiger partial charge in [0.1, 0.15) is 6.54 Å². The lowest BCUT2D eigenvalue weighted by molar-refractivity contribution is -0.147. The molecule has 1 aliphatic heterocycles. The smallest absolute Gasteiger partial charge is 0.242 e. The van der Waals surface area contributed by atoms with Gasteiger partial charge in [0.05, 0.1) is 11.8 Å². The second-order valence-corrected chi connectivity index (χ2v) is 9.63. The molecule has 0 spiro atoms. The zero-order chi connectivity index (χ0) is 17.4. The number of likely N-dealkylation sites (tertiary alicyclic amines) is 1. The third kappa shape index (κ3) is 3.43. The molecule has 1 saturated heterocycles. The summed E-state index contributed by atoms with van der Waals surface area (Å²) in [5, 5.41) is 0. The molecule has 134 valence electrons. The van der Waals surface area contributed by atoms with Crippen LogP contribution in [0.25, 0.3) is 0 Å². The molecule has 0 radical (unpaired) electrons. The Kier molecular flexibility index (Phi) is 5.69. The van der Waals surface area contributed by atoms with Crippen molar-refractivity contribution in [3.63, 3.8) is 0 Å². The summed E-state index contributed by atoms with van der Waals surface area (Å²) in [6.07, 6.45) is 6.85. The number of hydrogen-bond donors (Lipinski definition) is 0. The Morgan fingerprint density at radius 2 is 1.54 bits per heavy atom. The number of halogens is 2. The highest BCUT2D eigenvalue weighted by atomic mass is 79.9. The highest BCUT2D eigenvalue weighted by Crippen LogP contribution is 2.43. The van der Waals surface area contributed by atoms with Crippen molar-refractivity contribution in [2.45, 2.75) is 60.6 Å². The first-order valence-corrected chi connectivity index (χ1v) is 10.6. The van der Waals surface area contributed by atoms with Crippen LogP contribution in [0.5, 0.6) is 0 Å². The number of rotatable bonds is 3. The van der Waals surface area contributed by atoms with Crippen molar-refractivity contribution in [2.75, 3.05) is 13.6 Å². The van der Waals surface area contributed by atoms with Crippen molar-refractivity contribution in [3.8, 4) is 0 Å². The molecule has 0 N–H and O–H groups in total. The Bertz CT molecular complexity index is 508. The normalized spacial score (nSPS) is 34.4. The van der Waals surface area contributed by atoms with E-state index in [1.807, 2.05) is 0 Å². The predicted octanol–water partition coefficient (Wildman–Crippen LogP) is 2.70. The van der Waals surface area contributed by atoms with E-state index < -0.39 is 0 Å². The SMILES string of the molecule is CN(C(=O)CN1C(=O)[C@H]2C[C@H](Br)[C@@H](Br)C[C@H]2C1=O)C1CCCCC1. The number of carbonyl (C=O) groups excluding carboxylic acids is 3. The second-order valence-electron chi connectivity index (χ2n) is 7.28. The predicted molar refractivity (Wildman–Crippen MR) is 98.0 cm³/mol. The summed E-state index contributed by atoms with van der Waals surface area (Å²) < 4.78 is 0. The molecule has 3 fully saturated rings. The van der Waals surface area contributed by atoms with Crippen LogP contribution in [0.3, 0.4) is 0 Å². The fourth-order valence-corrected chi connectivity index (χ4v) is 5.48. The molecule has 7 heteroatoms. The number of likely N-dealkylation sites (N-methyl/N-ethyl adjacent to an activating group) is 1. The molecule has 5 nitrogen and oxygen atoms in total. The standard InChI is InChI=1S/C17H24Br2N2O3/c1-20(10-5-3-2-4-6-10)15(22)9-21-16(23)11-7-13(18)14(19)8-12(11)17(21)24/h10-14H,2-9H2,1H3/t11-,12+,13-,14-/m0/s1. The summed E-state index contributed by atoms with van der Waals surface area (Å²) in [5.41, 5.74) is 0. The quantitative estimate of drug-likeness (QED) is 0.477. The van der Waals surface area contributed by atoms with Crippen LogP contribution in [0, 0.1) is 11.8 Å². The number of nitrogens with zero attached hydrogens (tertiary/aromatic N) is 2. The van der Waals surface area contributed by atoms with E-state index in [1.54, 1.807) is 11.9 Å². The Morgan fingerprint density at radius 3 is 2.04 bits per heavy atom. The van der Waals surface area contributed by atoms with E-state index >= 15 is 0 Å². The molecule has 0 bridgehead atoms. The lowest BCUT2D eigenvalue weighted by Gasteiger charge is -2.32. The minimum Gasteiger partial charge on any atom is -0.341 e. The largest absolute Gasteiger partial charge is 0.341 e. The summed E-state index contributed by atoms with van der Waals surface area (Å²) in [4.78, 5) is 41.2. The highest BCUT2D eigenvalue weighted by Gasteiger charge is 2.52. The second kappa shape index (κ2) is 7.44. The maximum absolute atomic E-state index is 12.6. The van der Waals surface area contributed by atoms with Crippen LogP contribution in [0.4, 0.5) is 0 Å². The van der Waals surface area contributed by atoms with Gasteiger partial charge in [-0.1, -0.05) is 51.1 Å². The van der Waals surface area contributed by atoms with E-state index in [0.29, 0.717) is 12.8 Å². The lowest BCUT2D eigenvalue weighted by atomic mass is 9.81. The maximum atomic E-state index is 12.6. The fraction of sp³-hybridized carbons (Fsp3) is 0.824. The molecule has 0 unspecified atom stereocenters. The third-order valence-corrected chi connectivity index (χ3v) is 8.55. The van der Waals surface area contributed by atoms with Gasteiger partial charge in [0.25, 0.3) is 0 Å². The van der Waals surface area contributed by atoms with Crippen molar-refractivity contribution in [2.24, 2.45) is 11.8 Å². The van der Waals surface area contributed by atoms with E-state index in [0.717, 1.165) is 25.7 Å². The van der Waals surface area contributed by atoms with Crippen LogP contribution in [0.15, 0.2) is 0 Å². The molecule has 0 aromatic rings. The van der Waals surface area contributed by atoms with Crippen LogP contribution >= 0.6 is 31.9 Å². The van der Waals surface area contributed by atoms with Gasteiger partial charge in [-0.25, -0.2) is 0 Å². The van der Waals surface area contributed by atoms with Gasteiger partial charge in [-0.15, -0.1) is 0 Å². The first kappa shape index (κ1) is 18.4. The number of amides is 3. The van der Waals surface area contributed by atoms with Gasteiger partial charge in [-0.3, -0.25) is 19.3 Å². The van der Waals surface area contributed by atoms with E-state index in [1.165, 1.54) is 11.3 Å². The van der Waals surface area contributed by atoms with Gasteiger partial charge in [-0.2, -0.15) is 0 Å². The summed E-state index contributed by atoms with van der Waals surface area (Å²) in [7, 11) is 1.80. The molecule has 2 saturated carbocycles. The molecule has 0 aromatic heterocycles. The number of carbonyl (C=O) groups is 3.